The smallest absolute Gasteiger partial charge is 0.332 e. The number of carbonyl (C=O) groups is 1. The van der Waals surface area contributed by atoms with E-state index in [4.69, 9.17) is 4.74 Å². The molecule has 0 bridgehead atoms. The number of ether oxygens (including phenoxy) is 2. The van der Waals surface area contributed by atoms with Crippen LogP contribution in [0.25, 0.3) is 0 Å². The van der Waals surface area contributed by atoms with Crippen LogP contribution in [0.15, 0.2) is 0 Å². The van der Waals surface area contributed by atoms with Crippen LogP contribution in [-0.2, 0) is 14.3 Å². The van der Waals surface area contributed by atoms with Crippen molar-refractivity contribution in [2.75, 3.05) is 13.2 Å². The second-order valence-electron chi connectivity index (χ2n) is 2.28. The summed E-state index contributed by atoms with van der Waals surface area (Å²) in [5.41, 5.74) is 0. The van der Waals surface area contributed by atoms with Crippen LogP contribution in [0.1, 0.15) is 26.2 Å². The van der Waals surface area contributed by atoms with Gasteiger partial charge in [0, 0.05) is 6.61 Å². The lowest BCUT2D eigenvalue weighted by Gasteiger charge is -2.00. The summed E-state index contributed by atoms with van der Waals surface area (Å²) in [6.45, 7) is 2.76. The molecule has 0 atom stereocenters. The summed E-state index contributed by atoms with van der Waals surface area (Å²) >= 11 is 0. The molecular weight excluding hydrogens is 144 g/mol. The maximum atomic E-state index is 10.4. The topological polar surface area (TPSA) is 35.5 Å². The Balaban J connectivity index is 2.95. The van der Waals surface area contributed by atoms with Gasteiger partial charge in [-0.15, -0.1) is 0 Å². The van der Waals surface area contributed by atoms with E-state index in [1.54, 1.807) is 0 Å². The molecule has 3 nitrogen and oxygen atoms in total. The molecule has 1 radical (unpaired) electrons. The first kappa shape index (κ1) is 10.4. The maximum absolute atomic E-state index is 10.4. The number of hydrogen-bond donors (Lipinski definition) is 0. The molecule has 11 heavy (non-hydrogen) atoms. The van der Waals surface area contributed by atoms with Gasteiger partial charge in [-0.3, -0.25) is 0 Å². The van der Waals surface area contributed by atoms with E-state index < -0.39 is 5.97 Å². The number of rotatable bonds is 6. The molecule has 0 aliphatic carbocycles. The van der Waals surface area contributed by atoms with Crippen LogP contribution in [0.2, 0.25) is 0 Å². The van der Waals surface area contributed by atoms with Crippen molar-refractivity contribution in [3.8, 4) is 0 Å². The molecule has 0 fully saturated rings. The average Bonchev–Trinajstić information content (AvgIpc) is 2.04. The highest BCUT2D eigenvalue weighted by molar-refractivity contribution is 5.70. The predicted octanol–water partition coefficient (Wildman–Crippen LogP) is 1.53. The van der Waals surface area contributed by atoms with Gasteiger partial charge in [-0.25, -0.2) is 4.79 Å². The van der Waals surface area contributed by atoms with Crippen molar-refractivity contribution >= 4 is 5.97 Å². The maximum Gasteiger partial charge on any atom is 0.332 e. The minimum absolute atomic E-state index is 0.0210. The molecule has 0 rings (SSSR count). The molecular formula is C8H15O3. The van der Waals surface area contributed by atoms with E-state index in [9.17, 15) is 4.79 Å². The Labute approximate surface area is 67.7 Å². The molecule has 0 N–H and O–H groups in total. The molecule has 0 saturated carbocycles. The second kappa shape index (κ2) is 7.54. The molecule has 65 valence electrons. The molecule has 0 heterocycles. The number of unbranched alkanes of at least 4 members (excludes halogenated alkanes) is 2. The zero-order valence-corrected chi connectivity index (χ0v) is 6.97. The molecule has 0 aromatic carbocycles. The molecule has 0 spiro atoms. The first-order valence-corrected chi connectivity index (χ1v) is 3.83. The monoisotopic (exact) mass is 159 g/mol. The highest BCUT2D eigenvalue weighted by Gasteiger charge is 1.97. The Morgan fingerprint density at radius 2 is 2.18 bits per heavy atom. The van der Waals surface area contributed by atoms with Crippen molar-refractivity contribution in [1.29, 1.82) is 0 Å². The highest BCUT2D eigenvalue weighted by atomic mass is 16.6. The predicted molar refractivity (Wildman–Crippen MR) is 41.8 cm³/mol. The van der Waals surface area contributed by atoms with Gasteiger partial charge >= 0.3 is 5.97 Å². The zero-order valence-electron chi connectivity index (χ0n) is 6.97. The zero-order chi connectivity index (χ0) is 8.53. The fourth-order valence-electron chi connectivity index (χ4n) is 0.651. The lowest BCUT2D eigenvalue weighted by molar-refractivity contribution is -0.143. The summed E-state index contributed by atoms with van der Waals surface area (Å²) in [5.74, 6) is -0.415. The second-order valence-corrected chi connectivity index (χ2v) is 2.28. The van der Waals surface area contributed by atoms with E-state index >= 15 is 0 Å². The van der Waals surface area contributed by atoms with E-state index in [1.807, 2.05) is 0 Å². The molecule has 0 aliphatic rings. The van der Waals surface area contributed by atoms with Crippen LogP contribution < -0.4 is 0 Å². The summed E-state index contributed by atoms with van der Waals surface area (Å²) in [6.07, 6.45) is 3.30. The van der Waals surface area contributed by atoms with E-state index in [-0.39, 0.29) is 6.61 Å². The summed E-state index contributed by atoms with van der Waals surface area (Å²) in [4.78, 5) is 10.4. The van der Waals surface area contributed by atoms with E-state index in [2.05, 4.69) is 18.8 Å². The molecule has 0 amide bonds. The van der Waals surface area contributed by atoms with Crippen LogP contribution in [0.3, 0.4) is 0 Å². The first-order valence-electron chi connectivity index (χ1n) is 3.83. The van der Waals surface area contributed by atoms with Gasteiger partial charge in [0.2, 0.25) is 0 Å². The summed E-state index contributed by atoms with van der Waals surface area (Å²) in [7, 11) is 2.97. The fourth-order valence-corrected chi connectivity index (χ4v) is 0.651. The third-order valence-electron chi connectivity index (χ3n) is 1.27. The lowest BCUT2D eigenvalue weighted by atomic mass is 10.3. The van der Waals surface area contributed by atoms with Gasteiger partial charge in [-0.05, 0) is 6.42 Å². The third-order valence-corrected chi connectivity index (χ3v) is 1.27. The largest absolute Gasteiger partial charge is 0.460 e. The Morgan fingerprint density at radius 1 is 1.45 bits per heavy atom. The normalized spacial score (nSPS) is 9.64. The van der Waals surface area contributed by atoms with Crippen molar-refractivity contribution < 1.29 is 14.3 Å². The SMILES string of the molecule is [CH2]OC(=O)COCCCCC. The van der Waals surface area contributed by atoms with Crippen molar-refractivity contribution in [2.45, 2.75) is 26.2 Å². The van der Waals surface area contributed by atoms with Gasteiger partial charge in [0.15, 0.2) is 0 Å². The molecule has 0 unspecified atom stereocenters. The van der Waals surface area contributed by atoms with Crippen molar-refractivity contribution in [3.05, 3.63) is 7.11 Å². The number of carbonyl (C=O) groups excluding carboxylic acids is 1. The van der Waals surface area contributed by atoms with Crippen LogP contribution in [0, 0.1) is 7.11 Å². The molecule has 0 aliphatic heterocycles. The average molecular weight is 159 g/mol. The van der Waals surface area contributed by atoms with Crippen LogP contribution in [0.5, 0.6) is 0 Å². The summed E-state index contributed by atoms with van der Waals surface area (Å²) < 4.78 is 9.12. The first-order chi connectivity index (χ1) is 5.31. The summed E-state index contributed by atoms with van der Waals surface area (Å²) in [5, 5.41) is 0. The number of esters is 1. The minimum atomic E-state index is -0.415. The van der Waals surface area contributed by atoms with Gasteiger partial charge in [-0.2, -0.15) is 0 Å². The Hall–Kier alpha value is -0.570. The fraction of sp³-hybridized carbons (Fsp3) is 0.750. The molecule has 0 aromatic heterocycles. The molecule has 3 heteroatoms. The molecule has 0 saturated heterocycles. The van der Waals surface area contributed by atoms with Crippen molar-refractivity contribution in [1.82, 2.24) is 0 Å². The van der Waals surface area contributed by atoms with Gasteiger partial charge in [0.25, 0.3) is 0 Å². The van der Waals surface area contributed by atoms with E-state index in [0.717, 1.165) is 19.3 Å². The lowest BCUT2D eigenvalue weighted by Crippen LogP contribution is -2.09. The highest BCUT2D eigenvalue weighted by Crippen LogP contribution is 1.93. The van der Waals surface area contributed by atoms with E-state index in [0.29, 0.717) is 6.61 Å². The van der Waals surface area contributed by atoms with Crippen molar-refractivity contribution in [3.63, 3.8) is 0 Å². The van der Waals surface area contributed by atoms with Crippen LogP contribution in [-0.4, -0.2) is 19.2 Å². The quantitative estimate of drug-likeness (QED) is 0.435. The van der Waals surface area contributed by atoms with Crippen molar-refractivity contribution in [2.24, 2.45) is 0 Å². The minimum Gasteiger partial charge on any atom is -0.460 e. The Morgan fingerprint density at radius 3 is 2.73 bits per heavy atom. The number of hydrogen-bond acceptors (Lipinski definition) is 3. The van der Waals surface area contributed by atoms with Gasteiger partial charge in [-0.1, -0.05) is 19.8 Å². The standard InChI is InChI=1S/C8H15O3/c1-3-4-5-6-11-7-8(9)10-2/h2-7H2,1H3. The van der Waals surface area contributed by atoms with Gasteiger partial charge < -0.3 is 9.47 Å². The van der Waals surface area contributed by atoms with E-state index in [1.165, 1.54) is 0 Å². The summed E-state index contributed by atoms with van der Waals surface area (Å²) in [6, 6.07) is 0. The van der Waals surface area contributed by atoms with Gasteiger partial charge in [0.05, 0.1) is 0 Å². The molecule has 0 aromatic rings. The van der Waals surface area contributed by atoms with Crippen LogP contribution in [0.4, 0.5) is 0 Å². The third kappa shape index (κ3) is 7.33. The Kier molecular flexibility index (Phi) is 7.15. The van der Waals surface area contributed by atoms with Gasteiger partial charge in [0.1, 0.15) is 13.7 Å². The van der Waals surface area contributed by atoms with Crippen LogP contribution >= 0.6 is 0 Å². The Bertz CT molecular complexity index is 102.